The molecular formula is C48H93BrN2O10. The van der Waals surface area contributed by atoms with E-state index in [2.05, 4.69) is 33.5 Å². The van der Waals surface area contributed by atoms with Crippen LogP contribution in [0.3, 0.4) is 0 Å². The number of hydrogen-bond donors (Lipinski definition) is 8. The van der Waals surface area contributed by atoms with Gasteiger partial charge >= 0.3 is 0 Å². The van der Waals surface area contributed by atoms with E-state index < -0.39 is 55.6 Å². The quantitative estimate of drug-likeness (QED) is 0.0217. The van der Waals surface area contributed by atoms with Crippen LogP contribution < -0.4 is 10.6 Å². The van der Waals surface area contributed by atoms with E-state index >= 15 is 0 Å². The van der Waals surface area contributed by atoms with Gasteiger partial charge in [-0.05, 0) is 32.1 Å². The Labute approximate surface area is 379 Å². The first-order valence-electron chi connectivity index (χ1n) is 25.1. The van der Waals surface area contributed by atoms with Gasteiger partial charge in [-0.25, -0.2) is 0 Å². The highest BCUT2D eigenvalue weighted by Gasteiger charge is 2.44. The van der Waals surface area contributed by atoms with Crippen LogP contribution >= 0.6 is 15.9 Å². The molecule has 0 saturated carbocycles. The fourth-order valence-corrected chi connectivity index (χ4v) is 8.52. The number of carbonyl (C=O) groups excluding carboxylic acids is 2. The topological polar surface area (TPSA) is 198 Å². The van der Waals surface area contributed by atoms with Crippen LogP contribution in [0.1, 0.15) is 219 Å². The van der Waals surface area contributed by atoms with Gasteiger partial charge in [-0.2, -0.15) is 0 Å². The zero-order valence-electron chi connectivity index (χ0n) is 38.5. The summed E-state index contributed by atoms with van der Waals surface area (Å²) in [5.74, 6) is -0.104. The minimum absolute atomic E-state index is 0.180. The van der Waals surface area contributed by atoms with Crippen LogP contribution in [0.4, 0.5) is 0 Å². The van der Waals surface area contributed by atoms with Gasteiger partial charge in [0.15, 0.2) is 6.29 Å². The summed E-state index contributed by atoms with van der Waals surface area (Å²) in [4.78, 5) is 25.2. The molecule has 0 aromatic carbocycles. The van der Waals surface area contributed by atoms with Gasteiger partial charge < -0.3 is 50.7 Å². The maximum Gasteiger partial charge on any atom is 0.220 e. The maximum atomic E-state index is 13.0. The zero-order chi connectivity index (χ0) is 44.8. The SMILES string of the molecule is CCCCCCCCCCCCCCC(O)C(O)C(CO[C@H]1O[C@H](CO)[C@H](O)[C@H](O)[C@H]1O)NC(=O)CCCCCCCCCCCNC(=O)CCCCCCCCCCCBr. The highest BCUT2D eigenvalue weighted by atomic mass is 79.9. The largest absolute Gasteiger partial charge is 0.394 e. The number of hydrogen-bond acceptors (Lipinski definition) is 10. The fraction of sp³-hybridized carbons (Fsp3) is 0.958. The summed E-state index contributed by atoms with van der Waals surface area (Å²) in [7, 11) is 0. The van der Waals surface area contributed by atoms with Gasteiger partial charge in [-0.15, -0.1) is 0 Å². The second kappa shape index (κ2) is 40.6. The molecule has 0 aromatic heterocycles. The lowest BCUT2D eigenvalue weighted by Gasteiger charge is -2.40. The van der Waals surface area contributed by atoms with Crippen molar-refractivity contribution in [2.24, 2.45) is 0 Å². The molecule has 0 spiro atoms. The minimum Gasteiger partial charge on any atom is -0.394 e. The van der Waals surface area contributed by atoms with E-state index in [0.29, 0.717) is 19.3 Å². The second-order valence-electron chi connectivity index (χ2n) is 17.8. The van der Waals surface area contributed by atoms with E-state index in [1.807, 2.05) is 0 Å². The van der Waals surface area contributed by atoms with Crippen LogP contribution in [0, 0.1) is 0 Å². The molecule has 0 aromatic rings. The molecule has 1 rings (SSSR count). The number of halogens is 1. The average Bonchev–Trinajstić information content (AvgIpc) is 3.25. The van der Waals surface area contributed by atoms with Gasteiger partial charge in [-0.3, -0.25) is 9.59 Å². The van der Waals surface area contributed by atoms with Crippen LogP contribution in [0.25, 0.3) is 0 Å². The minimum atomic E-state index is -1.62. The molecule has 1 aliphatic heterocycles. The highest BCUT2D eigenvalue weighted by molar-refractivity contribution is 9.09. The summed E-state index contributed by atoms with van der Waals surface area (Å²) in [6, 6.07) is -1.01. The summed E-state index contributed by atoms with van der Waals surface area (Å²) in [6.45, 7) is 2.06. The van der Waals surface area contributed by atoms with E-state index in [9.17, 15) is 40.2 Å². The molecule has 362 valence electrons. The highest BCUT2D eigenvalue weighted by Crippen LogP contribution is 2.23. The second-order valence-corrected chi connectivity index (χ2v) is 18.6. The van der Waals surface area contributed by atoms with Crippen LogP contribution in [-0.2, 0) is 19.1 Å². The summed E-state index contributed by atoms with van der Waals surface area (Å²) in [6.07, 6.45) is 26.1. The summed E-state index contributed by atoms with van der Waals surface area (Å²) in [5.41, 5.74) is 0. The molecule has 2 amide bonds. The van der Waals surface area contributed by atoms with E-state index in [-0.39, 0.29) is 24.8 Å². The number of amides is 2. The Kier molecular flexibility index (Phi) is 38.7. The number of unbranched alkanes of at least 4 members (excludes halogenated alkanes) is 27. The first-order valence-corrected chi connectivity index (χ1v) is 26.2. The summed E-state index contributed by atoms with van der Waals surface area (Å²) >= 11 is 3.48. The predicted molar refractivity (Wildman–Crippen MR) is 249 cm³/mol. The smallest absolute Gasteiger partial charge is 0.220 e. The Hall–Kier alpha value is -0.900. The van der Waals surface area contributed by atoms with E-state index in [1.54, 1.807) is 0 Å². The number of rotatable bonds is 43. The molecule has 0 aliphatic carbocycles. The average molecular weight is 938 g/mol. The molecule has 1 saturated heterocycles. The van der Waals surface area contributed by atoms with E-state index in [1.165, 1.54) is 96.3 Å². The van der Waals surface area contributed by atoms with Gasteiger partial charge in [0.2, 0.25) is 11.8 Å². The fourth-order valence-electron chi connectivity index (χ4n) is 8.12. The predicted octanol–water partition coefficient (Wildman–Crippen LogP) is 8.41. The van der Waals surface area contributed by atoms with Crippen LogP contribution in [-0.4, -0.2) is 116 Å². The van der Waals surface area contributed by atoms with E-state index in [4.69, 9.17) is 9.47 Å². The zero-order valence-corrected chi connectivity index (χ0v) is 40.1. The molecule has 61 heavy (non-hydrogen) atoms. The third kappa shape index (κ3) is 30.8. The monoisotopic (exact) mass is 937 g/mol. The number of ether oxygens (including phenoxy) is 2. The molecule has 1 fully saturated rings. The first kappa shape index (κ1) is 58.1. The summed E-state index contributed by atoms with van der Waals surface area (Å²) < 4.78 is 11.2. The number of alkyl halides is 1. The molecule has 1 aliphatic rings. The Morgan fingerprint density at radius 1 is 0.590 bits per heavy atom. The van der Waals surface area contributed by atoms with Crippen molar-refractivity contribution < 1.29 is 49.7 Å². The van der Waals surface area contributed by atoms with Crippen molar-refractivity contribution in [3.05, 3.63) is 0 Å². The molecule has 8 N–H and O–H groups in total. The lowest BCUT2D eigenvalue weighted by Crippen LogP contribution is -2.60. The third-order valence-corrected chi connectivity index (χ3v) is 12.8. The first-order chi connectivity index (χ1) is 29.7. The number of aliphatic hydroxyl groups is 6. The van der Waals surface area contributed by atoms with Gasteiger partial charge in [0.25, 0.3) is 0 Å². The standard InChI is InChI=1S/C48H93BrN2O10/c1-2-3-4-5-6-7-8-9-12-17-22-27-32-40(53)44(56)39(38-60-48-47(59)46(58)45(57)41(37-52)61-48)51-43(55)34-29-24-19-14-11-16-21-26-31-36-50-42(54)33-28-23-18-13-10-15-20-25-30-35-49/h39-41,44-48,52-53,56-59H,2-38H2,1H3,(H,50,54)(H,51,55)/t39?,40?,41-,44?,45+,46+,47-,48+/m1/s1. The molecule has 3 unspecified atom stereocenters. The number of carbonyl (C=O) groups is 2. The van der Waals surface area contributed by atoms with Gasteiger partial charge in [0.05, 0.1) is 25.4 Å². The molecular weight excluding hydrogens is 844 g/mol. The molecule has 0 bridgehead atoms. The van der Waals surface area contributed by atoms with Crippen molar-refractivity contribution >= 4 is 27.7 Å². The van der Waals surface area contributed by atoms with Gasteiger partial charge in [-0.1, -0.05) is 190 Å². The van der Waals surface area contributed by atoms with Crippen molar-refractivity contribution in [1.82, 2.24) is 10.6 Å². The van der Waals surface area contributed by atoms with Crippen LogP contribution in [0.15, 0.2) is 0 Å². The molecule has 12 nitrogen and oxygen atoms in total. The Balaban J connectivity index is 2.29. The van der Waals surface area contributed by atoms with E-state index in [0.717, 1.165) is 102 Å². The van der Waals surface area contributed by atoms with Crippen molar-refractivity contribution in [1.29, 1.82) is 0 Å². The maximum absolute atomic E-state index is 13.0. The third-order valence-electron chi connectivity index (χ3n) is 12.2. The number of nitrogens with one attached hydrogen (secondary N) is 2. The number of aliphatic hydroxyl groups excluding tert-OH is 6. The molecule has 13 heteroatoms. The Morgan fingerprint density at radius 3 is 1.52 bits per heavy atom. The Bertz CT molecular complexity index is 1010. The van der Waals surface area contributed by atoms with Crippen molar-refractivity contribution in [2.75, 3.05) is 25.1 Å². The summed E-state index contributed by atoms with van der Waals surface area (Å²) in [5, 5.41) is 69.4. The van der Waals surface area contributed by atoms with Gasteiger partial charge in [0, 0.05) is 24.7 Å². The lowest BCUT2D eigenvalue weighted by molar-refractivity contribution is -0.303. The molecule has 0 radical (unpaired) electrons. The van der Waals surface area contributed by atoms with Crippen LogP contribution in [0.2, 0.25) is 0 Å². The lowest BCUT2D eigenvalue weighted by atomic mass is 9.98. The van der Waals surface area contributed by atoms with Gasteiger partial charge in [0.1, 0.15) is 30.5 Å². The Morgan fingerprint density at radius 2 is 1.03 bits per heavy atom. The van der Waals surface area contributed by atoms with Crippen LogP contribution in [0.5, 0.6) is 0 Å². The van der Waals surface area contributed by atoms with Crippen molar-refractivity contribution in [2.45, 2.75) is 268 Å². The molecule has 1 heterocycles. The normalized spacial score (nSPS) is 20.7. The van der Waals surface area contributed by atoms with Crippen molar-refractivity contribution in [3.63, 3.8) is 0 Å². The van der Waals surface area contributed by atoms with Crippen molar-refractivity contribution in [3.8, 4) is 0 Å². The molecule has 8 atom stereocenters.